The van der Waals surface area contributed by atoms with Crippen LogP contribution >= 0.6 is 95.6 Å². The van der Waals surface area contributed by atoms with E-state index < -0.39 is 0 Å². The number of hydrogen-bond donors (Lipinski definition) is 0. The molecule has 7 rings (SSSR count). The van der Waals surface area contributed by atoms with Crippen LogP contribution in [-0.4, -0.2) is 0 Å². The second kappa shape index (κ2) is 21.8. The highest BCUT2D eigenvalue weighted by molar-refractivity contribution is 9.11. The van der Waals surface area contributed by atoms with E-state index in [-0.39, 0.29) is 39.6 Å². The summed E-state index contributed by atoms with van der Waals surface area (Å²) in [6.45, 7) is 1.19. The zero-order chi connectivity index (χ0) is 41.8. The molecule has 0 aliphatic rings. The summed E-state index contributed by atoms with van der Waals surface area (Å²) in [6.07, 6.45) is 0. The van der Waals surface area contributed by atoms with Gasteiger partial charge in [-0.15, -0.1) is 0 Å². The Bertz CT molecular complexity index is 1990. The van der Waals surface area contributed by atoms with E-state index in [1.807, 2.05) is 146 Å². The van der Waals surface area contributed by atoms with Crippen LogP contribution in [0.1, 0.15) is 33.4 Å². The van der Waals surface area contributed by atoms with E-state index in [4.69, 9.17) is 28.4 Å². The lowest BCUT2D eigenvalue weighted by atomic mass is 9.87. The minimum Gasteiger partial charge on any atom is -0.489 e. The molecule has 60 heavy (non-hydrogen) atoms. The van der Waals surface area contributed by atoms with Crippen molar-refractivity contribution in [2.24, 2.45) is 0 Å². The van der Waals surface area contributed by atoms with Crippen molar-refractivity contribution in [3.8, 4) is 34.5 Å². The third-order valence-corrected chi connectivity index (χ3v) is 12.5. The molecule has 12 heteroatoms. The molecule has 0 fully saturated rings. The van der Waals surface area contributed by atoms with Gasteiger partial charge in [0.2, 0.25) is 0 Å². The predicted molar refractivity (Wildman–Crippen MR) is 257 cm³/mol. The zero-order valence-electron chi connectivity index (χ0n) is 31.8. The van der Waals surface area contributed by atoms with Crippen LogP contribution in [0.25, 0.3) is 0 Å². The van der Waals surface area contributed by atoms with E-state index in [9.17, 15) is 0 Å². The first-order chi connectivity index (χ1) is 29.2. The van der Waals surface area contributed by atoms with Crippen LogP contribution in [0.2, 0.25) is 0 Å². The van der Waals surface area contributed by atoms with Crippen LogP contribution in [0.5, 0.6) is 34.5 Å². The third-order valence-electron chi connectivity index (χ3n) is 9.37. The summed E-state index contributed by atoms with van der Waals surface area (Å²) in [5, 5.41) is 0. The van der Waals surface area contributed by atoms with Gasteiger partial charge in [0.05, 0.1) is 0 Å². The molecular formula is C48H36Br6O6. The van der Waals surface area contributed by atoms with Crippen LogP contribution in [0.4, 0.5) is 0 Å². The van der Waals surface area contributed by atoms with Gasteiger partial charge in [-0.3, -0.25) is 0 Å². The highest BCUT2D eigenvalue weighted by Crippen LogP contribution is 2.36. The third kappa shape index (κ3) is 12.6. The average Bonchev–Trinajstić information content (AvgIpc) is 3.26. The number of halogens is 6. The monoisotopic (exact) mass is 1180 g/mol. The van der Waals surface area contributed by atoms with Gasteiger partial charge in [-0.1, -0.05) is 95.6 Å². The molecule has 0 aromatic heterocycles. The molecule has 0 unspecified atom stereocenters. The standard InChI is InChI=1S/C48H36Br6O6/c49-31-1-13-37(14-2-31)55-25-43-44(26-56-38-15-3-32(50)4-16-38)46(28-58-40-19-7-34(52)8-20-40)48(30-60-42-23-11-36(54)12-24-42)47(29-59-41-21-9-35(53)10-22-41)45(43)27-57-39-17-5-33(51)6-18-39/h1-24H,25-30H2. The van der Waals surface area contributed by atoms with Crippen molar-refractivity contribution in [3.63, 3.8) is 0 Å². The second-order valence-corrected chi connectivity index (χ2v) is 18.8. The van der Waals surface area contributed by atoms with Crippen molar-refractivity contribution in [3.05, 3.63) is 206 Å². The molecule has 306 valence electrons. The Kier molecular flexibility index (Phi) is 16.1. The van der Waals surface area contributed by atoms with E-state index in [1.54, 1.807) is 0 Å². The van der Waals surface area contributed by atoms with Crippen molar-refractivity contribution >= 4 is 95.6 Å². The van der Waals surface area contributed by atoms with Gasteiger partial charge in [0.25, 0.3) is 0 Å². The molecule has 0 amide bonds. The molecule has 7 aromatic carbocycles. The van der Waals surface area contributed by atoms with Gasteiger partial charge in [-0.05, 0) is 146 Å². The van der Waals surface area contributed by atoms with E-state index in [0.717, 1.165) is 60.2 Å². The van der Waals surface area contributed by atoms with Gasteiger partial charge in [-0.2, -0.15) is 0 Å². The van der Waals surface area contributed by atoms with E-state index in [1.165, 1.54) is 0 Å². The first-order valence-corrected chi connectivity index (χ1v) is 23.4. The summed E-state index contributed by atoms with van der Waals surface area (Å²) in [6, 6.07) is 46.8. The van der Waals surface area contributed by atoms with Gasteiger partial charge >= 0.3 is 0 Å². The maximum atomic E-state index is 6.63. The molecule has 0 atom stereocenters. The van der Waals surface area contributed by atoms with Gasteiger partial charge < -0.3 is 28.4 Å². The minimum absolute atomic E-state index is 0.199. The molecule has 6 nitrogen and oxygen atoms in total. The van der Waals surface area contributed by atoms with Crippen LogP contribution in [0.15, 0.2) is 172 Å². The summed E-state index contributed by atoms with van der Waals surface area (Å²) in [5.41, 5.74) is 5.35. The van der Waals surface area contributed by atoms with Crippen LogP contribution in [0.3, 0.4) is 0 Å². The molecule has 0 N–H and O–H groups in total. The highest BCUT2D eigenvalue weighted by atomic mass is 79.9. The lowest BCUT2D eigenvalue weighted by molar-refractivity contribution is 0.249. The van der Waals surface area contributed by atoms with Gasteiger partial charge in [0.1, 0.15) is 74.1 Å². The Balaban J connectivity index is 1.43. The summed E-state index contributed by atoms with van der Waals surface area (Å²) < 4.78 is 45.5. The number of benzene rings is 7. The molecule has 0 bridgehead atoms. The summed E-state index contributed by atoms with van der Waals surface area (Å²) in [4.78, 5) is 0. The molecule has 0 spiro atoms. The van der Waals surface area contributed by atoms with Crippen molar-refractivity contribution in [1.82, 2.24) is 0 Å². The van der Waals surface area contributed by atoms with Gasteiger partial charge in [0.15, 0.2) is 0 Å². The predicted octanol–water partition coefficient (Wildman–Crippen LogP) is 15.7. The zero-order valence-corrected chi connectivity index (χ0v) is 41.3. The number of ether oxygens (including phenoxy) is 6. The molecule has 0 saturated heterocycles. The average molecular weight is 1190 g/mol. The minimum atomic E-state index is 0.199. The van der Waals surface area contributed by atoms with Crippen LogP contribution < -0.4 is 28.4 Å². The fourth-order valence-electron chi connectivity index (χ4n) is 6.26. The Hall–Kier alpha value is -3.78. The van der Waals surface area contributed by atoms with Crippen molar-refractivity contribution < 1.29 is 28.4 Å². The smallest absolute Gasteiger partial charge is 0.119 e. The first-order valence-electron chi connectivity index (χ1n) is 18.6. The van der Waals surface area contributed by atoms with Crippen molar-refractivity contribution in [1.29, 1.82) is 0 Å². The maximum absolute atomic E-state index is 6.63. The lowest BCUT2D eigenvalue weighted by Crippen LogP contribution is -2.21. The summed E-state index contributed by atoms with van der Waals surface area (Å²) in [5.74, 6) is 4.25. The molecule has 0 saturated carbocycles. The summed E-state index contributed by atoms with van der Waals surface area (Å²) in [7, 11) is 0. The Morgan fingerprint density at radius 3 is 0.433 bits per heavy atom. The topological polar surface area (TPSA) is 55.4 Å². The Labute approximate surface area is 400 Å². The fourth-order valence-corrected chi connectivity index (χ4v) is 7.84. The molecule has 0 heterocycles. The molecule has 0 aliphatic heterocycles. The Morgan fingerprint density at radius 1 is 0.200 bits per heavy atom. The van der Waals surface area contributed by atoms with Crippen LogP contribution in [0, 0.1) is 0 Å². The molecule has 0 aliphatic carbocycles. The highest BCUT2D eigenvalue weighted by Gasteiger charge is 2.27. The maximum Gasteiger partial charge on any atom is 0.119 e. The normalized spacial score (nSPS) is 10.9. The number of rotatable bonds is 18. The molecular weight excluding hydrogens is 1150 g/mol. The fraction of sp³-hybridized carbons (Fsp3) is 0.125. The number of hydrogen-bond acceptors (Lipinski definition) is 6. The van der Waals surface area contributed by atoms with Crippen molar-refractivity contribution in [2.75, 3.05) is 0 Å². The van der Waals surface area contributed by atoms with Gasteiger partial charge in [-0.25, -0.2) is 0 Å². The Morgan fingerprint density at radius 2 is 0.317 bits per heavy atom. The van der Waals surface area contributed by atoms with E-state index in [2.05, 4.69) is 95.6 Å². The van der Waals surface area contributed by atoms with Crippen molar-refractivity contribution in [2.45, 2.75) is 39.6 Å². The first kappa shape index (κ1) is 44.3. The quantitative estimate of drug-likeness (QED) is 0.0853. The van der Waals surface area contributed by atoms with E-state index in [0.29, 0.717) is 34.5 Å². The molecule has 7 aromatic rings. The molecule has 0 radical (unpaired) electrons. The lowest BCUT2D eigenvalue weighted by Gasteiger charge is -2.27. The second-order valence-electron chi connectivity index (χ2n) is 13.3. The summed E-state index contributed by atoms with van der Waals surface area (Å²) >= 11 is 21.4. The van der Waals surface area contributed by atoms with Crippen LogP contribution in [-0.2, 0) is 39.6 Å². The largest absolute Gasteiger partial charge is 0.489 e. The van der Waals surface area contributed by atoms with Gasteiger partial charge in [0, 0.05) is 60.2 Å². The van der Waals surface area contributed by atoms with E-state index >= 15 is 0 Å². The SMILES string of the molecule is Brc1ccc(OCc2c(COc3ccc(Br)cc3)c(COc3ccc(Br)cc3)c(COc3ccc(Br)cc3)c(COc3ccc(Br)cc3)c2COc2ccc(Br)cc2)cc1.